The van der Waals surface area contributed by atoms with Gasteiger partial charge in [-0.2, -0.15) is 0 Å². The van der Waals surface area contributed by atoms with Gasteiger partial charge in [0.25, 0.3) is 0 Å². The van der Waals surface area contributed by atoms with E-state index < -0.39 is 0 Å². The van der Waals surface area contributed by atoms with Crippen LogP contribution in [0.25, 0.3) is 6.08 Å². The average Bonchev–Trinajstić information content (AvgIpc) is 3.12. The summed E-state index contributed by atoms with van der Waals surface area (Å²) in [5, 5.41) is 10.7. The fourth-order valence-corrected chi connectivity index (χ4v) is 4.41. The van der Waals surface area contributed by atoms with Crippen molar-refractivity contribution in [3.8, 4) is 28.7 Å². The van der Waals surface area contributed by atoms with Gasteiger partial charge >= 0.3 is 0 Å². The average molecular weight is 440 g/mol. The largest absolute Gasteiger partial charge is 0.507 e. The van der Waals surface area contributed by atoms with Crippen molar-refractivity contribution >= 4 is 11.9 Å². The number of carbonyl (C=O) groups excluding carboxylic acids is 1. The highest BCUT2D eigenvalue weighted by Crippen LogP contribution is 2.43. The zero-order chi connectivity index (χ0) is 22.8. The number of benzene rings is 2. The highest BCUT2D eigenvalue weighted by Gasteiger charge is 2.34. The molecule has 32 heavy (non-hydrogen) atoms. The van der Waals surface area contributed by atoms with Crippen LogP contribution in [-0.4, -0.2) is 50.2 Å². The maximum atomic E-state index is 13.2. The molecule has 2 heterocycles. The molecule has 7 heteroatoms. The van der Waals surface area contributed by atoms with Crippen LogP contribution in [0.2, 0.25) is 0 Å². The molecule has 0 atom stereocenters. The van der Waals surface area contributed by atoms with Crippen molar-refractivity contribution in [2.24, 2.45) is 0 Å². The van der Waals surface area contributed by atoms with Gasteiger partial charge in [-0.15, -0.1) is 0 Å². The van der Waals surface area contributed by atoms with E-state index in [9.17, 15) is 9.90 Å². The third-order valence-corrected chi connectivity index (χ3v) is 6.04. The van der Waals surface area contributed by atoms with Crippen LogP contribution in [-0.2, 0) is 6.54 Å². The van der Waals surface area contributed by atoms with E-state index in [-0.39, 0.29) is 17.3 Å². The zero-order valence-electron chi connectivity index (χ0n) is 19.0. The van der Waals surface area contributed by atoms with Gasteiger partial charge in [-0.25, -0.2) is 0 Å². The molecule has 7 nitrogen and oxygen atoms in total. The Bertz CT molecular complexity index is 1040. The molecule has 0 bridgehead atoms. The SMILES string of the molecule is COc1cc(/C=C2/Oc3c(CN4CCCCC4)c(O)cc(C)c3C2=O)cc(OC)c1OC. The van der Waals surface area contributed by atoms with Gasteiger partial charge in [0, 0.05) is 6.54 Å². The van der Waals surface area contributed by atoms with Crippen molar-refractivity contribution in [2.45, 2.75) is 32.7 Å². The van der Waals surface area contributed by atoms with Crippen LogP contribution in [0.4, 0.5) is 0 Å². The number of aryl methyl sites for hydroxylation is 1. The minimum atomic E-state index is -0.203. The molecule has 0 aromatic heterocycles. The molecule has 1 saturated heterocycles. The van der Waals surface area contributed by atoms with Gasteiger partial charge in [0.15, 0.2) is 17.3 Å². The molecule has 2 aromatic carbocycles. The van der Waals surface area contributed by atoms with Crippen molar-refractivity contribution in [1.82, 2.24) is 4.90 Å². The Kier molecular flexibility index (Phi) is 6.28. The summed E-state index contributed by atoms with van der Waals surface area (Å²) in [7, 11) is 4.62. The second-order valence-corrected chi connectivity index (χ2v) is 8.13. The summed E-state index contributed by atoms with van der Waals surface area (Å²) in [6.45, 7) is 4.32. The summed E-state index contributed by atoms with van der Waals surface area (Å²) in [4.78, 5) is 15.5. The van der Waals surface area contributed by atoms with Gasteiger partial charge in [0.2, 0.25) is 11.5 Å². The standard InChI is InChI=1S/C25H29NO6/c1-15-10-18(27)17(14-26-8-6-5-7-9-26)24-22(15)23(28)19(32-24)11-16-12-20(29-2)25(31-4)21(13-16)30-3/h10-13,27H,5-9,14H2,1-4H3/b19-11+. The molecule has 0 aliphatic carbocycles. The summed E-state index contributed by atoms with van der Waals surface area (Å²) in [6, 6.07) is 5.17. The van der Waals surface area contributed by atoms with E-state index in [0.717, 1.165) is 25.9 Å². The molecule has 0 saturated carbocycles. The molecule has 2 aromatic rings. The summed E-state index contributed by atoms with van der Waals surface area (Å²) >= 11 is 0. The molecule has 4 rings (SSSR count). The molecule has 1 N–H and O–H groups in total. The number of ketones is 1. The van der Waals surface area contributed by atoms with Gasteiger partial charge in [0.05, 0.1) is 32.5 Å². The van der Waals surface area contributed by atoms with Crippen LogP contribution < -0.4 is 18.9 Å². The summed E-state index contributed by atoms with van der Waals surface area (Å²) in [5.41, 5.74) is 2.54. The van der Waals surface area contributed by atoms with Crippen LogP contribution in [0.5, 0.6) is 28.7 Å². The van der Waals surface area contributed by atoms with Gasteiger partial charge in [-0.05, 0) is 68.3 Å². The first-order valence-corrected chi connectivity index (χ1v) is 10.8. The molecule has 2 aliphatic heterocycles. The summed E-state index contributed by atoms with van der Waals surface area (Å²) in [6.07, 6.45) is 5.17. The maximum Gasteiger partial charge on any atom is 0.232 e. The molecule has 0 radical (unpaired) electrons. The number of hydrogen-bond donors (Lipinski definition) is 1. The molecule has 1 fully saturated rings. The first kappa shape index (κ1) is 22.0. The number of methoxy groups -OCH3 is 3. The normalized spacial score (nSPS) is 17.2. The third kappa shape index (κ3) is 4.00. The molecule has 0 amide bonds. The number of phenolic OH excluding ortho intramolecular Hbond substituents is 1. The summed E-state index contributed by atoms with van der Waals surface area (Å²) < 4.78 is 22.3. The number of Topliss-reactive ketones (excluding diaryl/α,β-unsaturated/α-hetero) is 1. The zero-order valence-corrected chi connectivity index (χ0v) is 19.0. The van der Waals surface area contributed by atoms with Crippen molar-refractivity contribution in [1.29, 1.82) is 0 Å². The van der Waals surface area contributed by atoms with E-state index >= 15 is 0 Å². The highest BCUT2D eigenvalue weighted by molar-refractivity contribution is 6.16. The minimum absolute atomic E-state index is 0.161. The smallest absolute Gasteiger partial charge is 0.232 e. The maximum absolute atomic E-state index is 13.2. The topological polar surface area (TPSA) is 77.5 Å². The number of hydrogen-bond acceptors (Lipinski definition) is 7. The first-order chi connectivity index (χ1) is 15.5. The lowest BCUT2D eigenvalue weighted by Crippen LogP contribution is -2.29. The predicted molar refractivity (Wildman–Crippen MR) is 121 cm³/mol. The van der Waals surface area contributed by atoms with Crippen LogP contribution in [0.15, 0.2) is 24.0 Å². The fraction of sp³-hybridized carbons (Fsp3) is 0.400. The van der Waals surface area contributed by atoms with E-state index in [4.69, 9.17) is 18.9 Å². The number of allylic oxidation sites excluding steroid dienone is 1. The number of ether oxygens (including phenoxy) is 4. The second kappa shape index (κ2) is 9.12. The molecule has 170 valence electrons. The Hall–Kier alpha value is -3.19. The number of nitrogens with zero attached hydrogens (tertiary/aromatic N) is 1. The number of piperidine rings is 1. The fourth-order valence-electron chi connectivity index (χ4n) is 4.41. The molecular weight excluding hydrogens is 410 g/mol. The lowest BCUT2D eigenvalue weighted by molar-refractivity contribution is 0.101. The molecule has 0 spiro atoms. The minimum Gasteiger partial charge on any atom is -0.507 e. The second-order valence-electron chi connectivity index (χ2n) is 8.13. The number of aromatic hydroxyl groups is 1. The first-order valence-electron chi connectivity index (χ1n) is 10.8. The lowest BCUT2D eigenvalue weighted by Gasteiger charge is -2.27. The number of rotatable bonds is 6. The Labute approximate surface area is 188 Å². The predicted octanol–water partition coefficient (Wildman–Crippen LogP) is 4.33. The van der Waals surface area contributed by atoms with E-state index in [1.54, 1.807) is 38.5 Å². The van der Waals surface area contributed by atoms with E-state index in [2.05, 4.69) is 4.90 Å². The van der Waals surface area contributed by atoms with Gasteiger partial charge in [0.1, 0.15) is 11.5 Å². The van der Waals surface area contributed by atoms with Crippen LogP contribution >= 0.6 is 0 Å². The monoisotopic (exact) mass is 439 g/mol. The summed E-state index contributed by atoms with van der Waals surface area (Å²) in [5.74, 6) is 2.06. The highest BCUT2D eigenvalue weighted by atomic mass is 16.5. The number of phenols is 1. The van der Waals surface area contributed by atoms with Crippen LogP contribution in [0.1, 0.15) is 46.3 Å². The van der Waals surface area contributed by atoms with Crippen LogP contribution in [0.3, 0.4) is 0 Å². The Balaban J connectivity index is 1.72. The Morgan fingerprint density at radius 1 is 1.03 bits per heavy atom. The van der Waals surface area contributed by atoms with Gasteiger partial charge in [-0.1, -0.05) is 6.42 Å². The molecular formula is C25H29NO6. The van der Waals surface area contributed by atoms with Crippen molar-refractivity contribution in [3.05, 3.63) is 46.2 Å². The quantitative estimate of drug-likeness (QED) is 0.672. The molecule has 0 unspecified atom stereocenters. The number of carbonyl (C=O) groups is 1. The third-order valence-electron chi connectivity index (χ3n) is 6.04. The van der Waals surface area contributed by atoms with Crippen LogP contribution in [0, 0.1) is 6.92 Å². The van der Waals surface area contributed by atoms with Gasteiger partial charge < -0.3 is 24.1 Å². The van der Waals surface area contributed by atoms with E-state index in [1.165, 1.54) is 13.5 Å². The number of fused-ring (bicyclic) bond motifs is 1. The molecule has 2 aliphatic rings. The number of likely N-dealkylation sites (tertiary alicyclic amines) is 1. The van der Waals surface area contributed by atoms with Crippen molar-refractivity contribution in [2.75, 3.05) is 34.4 Å². The van der Waals surface area contributed by atoms with Gasteiger partial charge in [-0.3, -0.25) is 9.69 Å². The Morgan fingerprint density at radius 3 is 2.28 bits per heavy atom. The van der Waals surface area contributed by atoms with Crippen molar-refractivity contribution < 1.29 is 28.8 Å². The lowest BCUT2D eigenvalue weighted by atomic mass is 9.98. The van der Waals surface area contributed by atoms with E-state index in [1.807, 2.05) is 6.92 Å². The Morgan fingerprint density at radius 2 is 1.69 bits per heavy atom. The van der Waals surface area contributed by atoms with E-state index in [0.29, 0.717) is 51.8 Å². The van der Waals surface area contributed by atoms with Crippen molar-refractivity contribution in [3.63, 3.8) is 0 Å².